The average molecular weight is 190 g/mol. The number of Topliss-reactive ketones (excluding diaryl/α,β-unsaturated/α-hetero) is 1. The molecule has 0 unspecified atom stereocenters. The van der Waals surface area contributed by atoms with Crippen molar-refractivity contribution in [2.24, 2.45) is 0 Å². The van der Waals surface area contributed by atoms with Gasteiger partial charge < -0.3 is 5.11 Å². The zero-order valence-electron chi connectivity index (χ0n) is 8.12. The molecule has 2 nitrogen and oxygen atoms in total. The van der Waals surface area contributed by atoms with Crippen LogP contribution in [0.4, 0.5) is 0 Å². The number of terminal acetylenes is 1. The monoisotopic (exact) mass is 190 g/mol. The van der Waals surface area contributed by atoms with Crippen molar-refractivity contribution in [3.63, 3.8) is 0 Å². The lowest BCUT2D eigenvalue weighted by molar-refractivity contribution is -0.116. The standard InChI is InChI=1S/C12H14O2/c1-2-3-4-8-11(13)10-7-5-6-9-12(10)14/h1,6,9,14H,3-5,7-8H2. The molecule has 0 saturated carbocycles. The van der Waals surface area contributed by atoms with Crippen molar-refractivity contribution >= 4 is 5.78 Å². The maximum Gasteiger partial charge on any atom is 0.162 e. The fourth-order valence-corrected chi connectivity index (χ4v) is 1.44. The van der Waals surface area contributed by atoms with Gasteiger partial charge in [0.25, 0.3) is 0 Å². The van der Waals surface area contributed by atoms with Gasteiger partial charge in [-0.2, -0.15) is 0 Å². The molecule has 0 bridgehead atoms. The van der Waals surface area contributed by atoms with E-state index in [0.29, 0.717) is 31.3 Å². The highest BCUT2D eigenvalue weighted by Gasteiger charge is 2.14. The van der Waals surface area contributed by atoms with E-state index in [1.807, 2.05) is 6.08 Å². The van der Waals surface area contributed by atoms with Crippen molar-refractivity contribution in [2.75, 3.05) is 0 Å². The summed E-state index contributed by atoms with van der Waals surface area (Å²) in [7, 11) is 0. The molecule has 1 rings (SSSR count). The van der Waals surface area contributed by atoms with E-state index < -0.39 is 0 Å². The summed E-state index contributed by atoms with van der Waals surface area (Å²) in [5.74, 6) is 2.65. The summed E-state index contributed by atoms with van der Waals surface area (Å²) in [5.41, 5.74) is 0.560. The second-order valence-electron chi connectivity index (χ2n) is 3.29. The fraction of sp³-hybridized carbons (Fsp3) is 0.417. The van der Waals surface area contributed by atoms with Crippen molar-refractivity contribution in [1.29, 1.82) is 0 Å². The Kier molecular flexibility index (Phi) is 4.00. The quantitative estimate of drug-likeness (QED) is 0.546. The number of aliphatic hydroxyl groups excluding tert-OH is 1. The van der Waals surface area contributed by atoms with Gasteiger partial charge >= 0.3 is 0 Å². The molecule has 0 aromatic carbocycles. The van der Waals surface area contributed by atoms with E-state index in [1.54, 1.807) is 6.08 Å². The van der Waals surface area contributed by atoms with Gasteiger partial charge in [-0.15, -0.1) is 12.3 Å². The summed E-state index contributed by atoms with van der Waals surface area (Å²) in [6, 6.07) is 0. The lowest BCUT2D eigenvalue weighted by atomic mass is 9.96. The van der Waals surface area contributed by atoms with E-state index in [0.717, 1.165) is 6.42 Å². The van der Waals surface area contributed by atoms with Crippen LogP contribution in [0.1, 0.15) is 32.1 Å². The highest BCUT2D eigenvalue weighted by molar-refractivity contribution is 5.96. The van der Waals surface area contributed by atoms with Crippen LogP contribution in [0.25, 0.3) is 0 Å². The Balaban J connectivity index is 2.52. The molecule has 1 aliphatic carbocycles. The zero-order valence-corrected chi connectivity index (χ0v) is 8.12. The summed E-state index contributed by atoms with van der Waals surface area (Å²) >= 11 is 0. The highest BCUT2D eigenvalue weighted by Crippen LogP contribution is 2.19. The number of hydrogen-bond donors (Lipinski definition) is 1. The minimum Gasteiger partial charge on any atom is -0.508 e. The Labute approximate surface area is 84.3 Å². The number of allylic oxidation sites excluding steroid dienone is 3. The summed E-state index contributed by atoms with van der Waals surface area (Å²) in [6.07, 6.45) is 11.8. The van der Waals surface area contributed by atoms with Gasteiger partial charge in [0.05, 0.1) is 0 Å². The largest absolute Gasteiger partial charge is 0.508 e. The minimum absolute atomic E-state index is 0.0297. The van der Waals surface area contributed by atoms with Crippen LogP contribution < -0.4 is 0 Å². The highest BCUT2D eigenvalue weighted by atomic mass is 16.3. The summed E-state index contributed by atoms with van der Waals surface area (Å²) in [6.45, 7) is 0. The maximum atomic E-state index is 11.6. The number of unbranched alkanes of at least 4 members (excludes halogenated alkanes) is 1. The number of rotatable bonds is 4. The van der Waals surface area contributed by atoms with E-state index in [9.17, 15) is 9.90 Å². The van der Waals surface area contributed by atoms with Crippen LogP contribution in [-0.4, -0.2) is 10.9 Å². The second-order valence-corrected chi connectivity index (χ2v) is 3.29. The molecule has 0 fully saturated rings. The van der Waals surface area contributed by atoms with Crippen LogP contribution in [0.3, 0.4) is 0 Å². The lowest BCUT2D eigenvalue weighted by Gasteiger charge is -2.09. The summed E-state index contributed by atoms with van der Waals surface area (Å²) < 4.78 is 0. The molecule has 0 heterocycles. The van der Waals surface area contributed by atoms with Gasteiger partial charge in [0, 0.05) is 18.4 Å². The zero-order chi connectivity index (χ0) is 10.4. The third-order valence-electron chi connectivity index (χ3n) is 2.21. The molecule has 0 spiro atoms. The third kappa shape index (κ3) is 2.77. The minimum atomic E-state index is 0.0297. The molecular weight excluding hydrogens is 176 g/mol. The number of carbonyl (C=O) groups is 1. The van der Waals surface area contributed by atoms with Crippen LogP contribution in [-0.2, 0) is 4.79 Å². The van der Waals surface area contributed by atoms with E-state index >= 15 is 0 Å². The van der Waals surface area contributed by atoms with E-state index in [4.69, 9.17) is 6.42 Å². The van der Waals surface area contributed by atoms with Gasteiger partial charge in [-0.3, -0.25) is 4.79 Å². The first-order chi connectivity index (χ1) is 6.75. The van der Waals surface area contributed by atoms with Gasteiger partial charge in [-0.25, -0.2) is 0 Å². The van der Waals surface area contributed by atoms with Crippen LogP contribution >= 0.6 is 0 Å². The van der Waals surface area contributed by atoms with Crippen molar-refractivity contribution < 1.29 is 9.90 Å². The molecular formula is C12H14O2. The van der Waals surface area contributed by atoms with Crippen LogP contribution in [0, 0.1) is 12.3 Å². The van der Waals surface area contributed by atoms with E-state index in [1.165, 1.54) is 0 Å². The first-order valence-electron chi connectivity index (χ1n) is 4.81. The smallest absolute Gasteiger partial charge is 0.162 e. The number of aliphatic hydroxyl groups is 1. The van der Waals surface area contributed by atoms with E-state index in [2.05, 4.69) is 5.92 Å². The molecule has 0 saturated heterocycles. The van der Waals surface area contributed by atoms with Crippen molar-refractivity contribution in [3.8, 4) is 12.3 Å². The third-order valence-corrected chi connectivity index (χ3v) is 2.21. The second kappa shape index (κ2) is 5.29. The molecule has 1 aliphatic rings. The molecule has 0 radical (unpaired) electrons. The molecule has 0 aromatic rings. The van der Waals surface area contributed by atoms with E-state index in [-0.39, 0.29) is 11.5 Å². The van der Waals surface area contributed by atoms with Gasteiger partial charge in [0.15, 0.2) is 5.78 Å². The number of ketones is 1. The summed E-state index contributed by atoms with van der Waals surface area (Å²) in [5, 5.41) is 9.43. The fourth-order valence-electron chi connectivity index (χ4n) is 1.44. The predicted molar refractivity (Wildman–Crippen MR) is 55.7 cm³/mol. The Hall–Kier alpha value is -1.49. The molecule has 2 heteroatoms. The molecule has 0 atom stereocenters. The van der Waals surface area contributed by atoms with Crippen molar-refractivity contribution in [2.45, 2.75) is 32.1 Å². The average Bonchev–Trinajstić information content (AvgIpc) is 2.18. The van der Waals surface area contributed by atoms with Gasteiger partial charge in [-0.05, 0) is 25.3 Å². The van der Waals surface area contributed by atoms with Gasteiger partial charge in [0.2, 0.25) is 0 Å². The molecule has 0 amide bonds. The topological polar surface area (TPSA) is 37.3 Å². The maximum absolute atomic E-state index is 11.6. The number of carbonyl (C=O) groups excluding carboxylic acids is 1. The predicted octanol–water partition coefficient (Wildman–Crippen LogP) is 2.52. The SMILES string of the molecule is C#CCCCC(=O)C1=C(O)C=CCC1. The Morgan fingerprint density at radius 2 is 2.43 bits per heavy atom. The van der Waals surface area contributed by atoms with Gasteiger partial charge in [0.1, 0.15) is 5.76 Å². The Morgan fingerprint density at radius 1 is 1.64 bits per heavy atom. The van der Waals surface area contributed by atoms with Crippen molar-refractivity contribution in [1.82, 2.24) is 0 Å². The van der Waals surface area contributed by atoms with Gasteiger partial charge in [-0.1, -0.05) is 6.08 Å². The first-order valence-corrected chi connectivity index (χ1v) is 4.81. The molecule has 0 aromatic heterocycles. The lowest BCUT2D eigenvalue weighted by Crippen LogP contribution is -2.07. The Morgan fingerprint density at radius 3 is 3.07 bits per heavy atom. The molecule has 1 N–H and O–H groups in total. The van der Waals surface area contributed by atoms with Crippen LogP contribution in [0.15, 0.2) is 23.5 Å². The number of hydrogen-bond acceptors (Lipinski definition) is 2. The Bertz CT molecular complexity index is 316. The van der Waals surface area contributed by atoms with Crippen LogP contribution in [0.5, 0.6) is 0 Å². The molecule has 14 heavy (non-hydrogen) atoms. The first kappa shape index (κ1) is 10.6. The van der Waals surface area contributed by atoms with Crippen LogP contribution in [0.2, 0.25) is 0 Å². The molecule has 0 aliphatic heterocycles. The summed E-state index contributed by atoms with van der Waals surface area (Å²) in [4.78, 5) is 11.6. The normalized spacial score (nSPS) is 15.4. The molecule has 74 valence electrons. The van der Waals surface area contributed by atoms with Crippen molar-refractivity contribution in [3.05, 3.63) is 23.5 Å².